The average molecular weight is 333 g/mol. The predicted octanol–water partition coefficient (Wildman–Crippen LogP) is 1.87. The molecule has 4 heterocycles. The third-order valence-electron chi connectivity index (χ3n) is 4.76. The van der Waals surface area contributed by atoms with E-state index in [4.69, 9.17) is 9.26 Å². The van der Waals surface area contributed by atoms with Crippen LogP contribution in [0.15, 0.2) is 22.0 Å². The van der Waals surface area contributed by atoms with E-state index >= 15 is 0 Å². The summed E-state index contributed by atoms with van der Waals surface area (Å²) in [5.74, 6) is 2.27. The fraction of sp³-hybridized carbons (Fsp3) is 0.562. The predicted molar refractivity (Wildman–Crippen MR) is 84.2 cm³/mol. The van der Waals surface area contributed by atoms with E-state index in [1.54, 1.807) is 11.3 Å². The number of aryl methyl sites for hydroxylation is 1. The lowest BCUT2D eigenvalue weighted by atomic mass is 9.83. The first kappa shape index (κ1) is 14.8. The highest BCUT2D eigenvalue weighted by atomic mass is 32.1. The summed E-state index contributed by atoms with van der Waals surface area (Å²) in [7, 11) is 0. The summed E-state index contributed by atoms with van der Waals surface area (Å²) in [6, 6.07) is 4.00. The zero-order chi connectivity index (χ0) is 15.8. The highest BCUT2D eigenvalue weighted by Gasteiger charge is 2.44. The Balaban J connectivity index is 1.47. The molecule has 0 saturated carbocycles. The smallest absolute Gasteiger partial charge is 0.232 e. The number of fused-ring (bicyclic) bond motifs is 1. The van der Waals surface area contributed by atoms with Crippen LogP contribution in [0.5, 0.6) is 0 Å². The van der Waals surface area contributed by atoms with E-state index in [2.05, 4.69) is 10.1 Å². The second kappa shape index (κ2) is 6.05. The van der Waals surface area contributed by atoms with Gasteiger partial charge in [-0.2, -0.15) is 4.98 Å². The van der Waals surface area contributed by atoms with Gasteiger partial charge in [0.25, 0.3) is 0 Å². The Bertz CT molecular complexity index is 685. The molecular weight excluding hydrogens is 314 g/mol. The van der Waals surface area contributed by atoms with Gasteiger partial charge in [-0.1, -0.05) is 11.2 Å². The van der Waals surface area contributed by atoms with Gasteiger partial charge in [0.05, 0.1) is 25.6 Å². The zero-order valence-electron chi connectivity index (χ0n) is 13.0. The molecule has 1 amide bonds. The van der Waals surface area contributed by atoms with E-state index in [9.17, 15) is 4.79 Å². The molecule has 4 rings (SSSR count). The van der Waals surface area contributed by atoms with E-state index in [0.717, 1.165) is 18.0 Å². The number of thiophene rings is 1. The van der Waals surface area contributed by atoms with E-state index < -0.39 is 0 Å². The first-order chi connectivity index (χ1) is 11.2. The third kappa shape index (κ3) is 2.90. The van der Waals surface area contributed by atoms with Crippen LogP contribution in [0, 0.1) is 18.8 Å². The van der Waals surface area contributed by atoms with Crippen LogP contribution in [-0.4, -0.2) is 47.3 Å². The molecule has 3 atom stereocenters. The second-order valence-corrected chi connectivity index (χ2v) is 7.33. The molecule has 2 aromatic rings. The molecule has 2 saturated heterocycles. The van der Waals surface area contributed by atoms with Gasteiger partial charge in [0.1, 0.15) is 0 Å². The van der Waals surface area contributed by atoms with Gasteiger partial charge in [0.15, 0.2) is 5.82 Å². The SMILES string of the molecule is Cc1noc([C@@H]2COC[C@@H]3CN(C(=O)Cc4cccs4)C[C@@H]32)n1. The molecule has 2 aliphatic rings. The van der Waals surface area contributed by atoms with Crippen molar-refractivity contribution in [3.63, 3.8) is 0 Å². The minimum Gasteiger partial charge on any atom is -0.380 e. The van der Waals surface area contributed by atoms with Crippen LogP contribution in [0.1, 0.15) is 22.5 Å². The maximum Gasteiger partial charge on any atom is 0.232 e. The number of rotatable bonds is 3. The Kier molecular flexibility index (Phi) is 3.90. The monoisotopic (exact) mass is 333 g/mol. The normalized spacial score (nSPS) is 27.2. The number of carbonyl (C=O) groups excluding carboxylic acids is 1. The number of likely N-dealkylation sites (tertiary alicyclic amines) is 1. The van der Waals surface area contributed by atoms with Crippen LogP contribution >= 0.6 is 11.3 Å². The standard InChI is InChI=1S/C16H19N3O3S/c1-10-17-16(22-18-10)14-9-21-8-11-6-19(7-13(11)14)15(20)5-12-3-2-4-23-12/h2-4,11,13-14H,5-9H2,1H3/t11-,13-,14+/m0/s1. The van der Waals surface area contributed by atoms with Gasteiger partial charge in [-0.15, -0.1) is 11.3 Å². The van der Waals surface area contributed by atoms with Gasteiger partial charge < -0.3 is 14.2 Å². The van der Waals surface area contributed by atoms with Gasteiger partial charge in [0, 0.05) is 23.9 Å². The van der Waals surface area contributed by atoms with Gasteiger partial charge >= 0.3 is 0 Å². The van der Waals surface area contributed by atoms with Crippen molar-refractivity contribution in [2.24, 2.45) is 11.8 Å². The van der Waals surface area contributed by atoms with Crippen molar-refractivity contribution in [2.45, 2.75) is 19.3 Å². The van der Waals surface area contributed by atoms with E-state index in [0.29, 0.717) is 43.2 Å². The lowest BCUT2D eigenvalue weighted by Crippen LogP contribution is -2.33. The van der Waals surface area contributed by atoms with Crippen LogP contribution in [0.25, 0.3) is 0 Å². The largest absolute Gasteiger partial charge is 0.380 e. The number of hydrogen-bond donors (Lipinski definition) is 0. The van der Waals surface area contributed by atoms with Crippen molar-refractivity contribution in [3.8, 4) is 0 Å². The number of hydrogen-bond acceptors (Lipinski definition) is 6. The summed E-state index contributed by atoms with van der Waals surface area (Å²) in [6.07, 6.45) is 0.488. The first-order valence-corrected chi connectivity index (χ1v) is 8.77. The maximum atomic E-state index is 12.5. The minimum absolute atomic E-state index is 0.0921. The molecule has 2 aliphatic heterocycles. The Morgan fingerprint density at radius 1 is 1.43 bits per heavy atom. The van der Waals surface area contributed by atoms with Crippen molar-refractivity contribution < 1.29 is 14.1 Å². The van der Waals surface area contributed by atoms with Crippen LogP contribution in [0.3, 0.4) is 0 Å². The molecule has 0 aliphatic carbocycles. The van der Waals surface area contributed by atoms with Crippen LogP contribution in [0.2, 0.25) is 0 Å². The Morgan fingerprint density at radius 3 is 3.09 bits per heavy atom. The summed E-state index contributed by atoms with van der Waals surface area (Å²) in [5.41, 5.74) is 0. The molecule has 0 spiro atoms. The maximum absolute atomic E-state index is 12.5. The molecule has 0 radical (unpaired) electrons. The van der Waals surface area contributed by atoms with Crippen molar-refractivity contribution in [2.75, 3.05) is 26.3 Å². The molecule has 2 aromatic heterocycles. The summed E-state index contributed by atoms with van der Waals surface area (Å²) >= 11 is 1.63. The third-order valence-corrected chi connectivity index (χ3v) is 5.63. The van der Waals surface area contributed by atoms with Gasteiger partial charge in [0.2, 0.25) is 11.8 Å². The molecule has 0 aromatic carbocycles. The number of ether oxygens (including phenoxy) is 1. The molecule has 0 bridgehead atoms. The highest BCUT2D eigenvalue weighted by Crippen LogP contribution is 2.39. The Labute approximate surface area is 138 Å². The molecule has 0 unspecified atom stereocenters. The number of aromatic nitrogens is 2. The van der Waals surface area contributed by atoms with E-state index in [1.165, 1.54) is 0 Å². The van der Waals surface area contributed by atoms with E-state index in [1.807, 2.05) is 29.3 Å². The molecule has 23 heavy (non-hydrogen) atoms. The number of carbonyl (C=O) groups is 1. The number of amides is 1. The molecule has 7 heteroatoms. The van der Waals surface area contributed by atoms with Crippen LogP contribution in [-0.2, 0) is 16.0 Å². The Hall–Kier alpha value is -1.73. The summed E-state index contributed by atoms with van der Waals surface area (Å²) in [5, 5.41) is 5.90. The van der Waals surface area contributed by atoms with Crippen molar-refractivity contribution in [3.05, 3.63) is 34.1 Å². The molecule has 2 fully saturated rings. The van der Waals surface area contributed by atoms with E-state index in [-0.39, 0.29) is 11.8 Å². The summed E-state index contributed by atoms with van der Waals surface area (Å²) in [6.45, 7) is 4.63. The lowest BCUT2D eigenvalue weighted by Gasteiger charge is -2.30. The van der Waals surface area contributed by atoms with Gasteiger partial charge in [-0.3, -0.25) is 4.79 Å². The molecule has 0 N–H and O–H groups in total. The van der Waals surface area contributed by atoms with Gasteiger partial charge in [-0.25, -0.2) is 0 Å². The molecule has 122 valence electrons. The van der Waals surface area contributed by atoms with Crippen molar-refractivity contribution in [1.82, 2.24) is 15.0 Å². The topological polar surface area (TPSA) is 68.5 Å². The highest BCUT2D eigenvalue weighted by molar-refractivity contribution is 7.10. The van der Waals surface area contributed by atoms with Gasteiger partial charge in [-0.05, 0) is 24.3 Å². The number of nitrogens with zero attached hydrogens (tertiary/aromatic N) is 3. The fourth-order valence-electron chi connectivity index (χ4n) is 3.59. The van der Waals surface area contributed by atoms with Crippen molar-refractivity contribution in [1.29, 1.82) is 0 Å². The molecule has 6 nitrogen and oxygen atoms in total. The first-order valence-electron chi connectivity index (χ1n) is 7.89. The quantitative estimate of drug-likeness (QED) is 0.858. The zero-order valence-corrected chi connectivity index (χ0v) is 13.8. The minimum atomic E-state index is 0.0921. The molecular formula is C16H19N3O3S. The summed E-state index contributed by atoms with van der Waals surface area (Å²) in [4.78, 5) is 20.0. The Morgan fingerprint density at radius 2 is 2.35 bits per heavy atom. The second-order valence-electron chi connectivity index (χ2n) is 6.30. The van der Waals surface area contributed by atoms with Crippen LogP contribution in [0.4, 0.5) is 0 Å². The average Bonchev–Trinajstić information content (AvgIpc) is 3.26. The van der Waals surface area contributed by atoms with Crippen molar-refractivity contribution >= 4 is 17.2 Å². The lowest BCUT2D eigenvalue weighted by molar-refractivity contribution is -0.129. The summed E-state index contributed by atoms with van der Waals surface area (Å²) < 4.78 is 11.1. The van der Waals surface area contributed by atoms with Crippen LogP contribution < -0.4 is 0 Å². The fourth-order valence-corrected chi connectivity index (χ4v) is 4.29.